The van der Waals surface area contributed by atoms with Crippen molar-refractivity contribution in [1.82, 2.24) is 4.90 Å². The van der Waals surface area contributed by atoms with Crippen LogP contribution >= 0.6 is 12.4 Å². The van der Waals surface area contributed by atoms with Crippen LogP contribution in [-0.4, -0.2) is 40.7 Å². The van der Waals surface area contributed by atoms with Gasteiger partial charge >= 0.3 is 0 Å². The van der Waals surface area contributed by atoms with Gasteiger partial charge in [0.2, 0.25) is 0 Å². The van der Waals surface area contributed by atoms with Crippen LogP contribution in [0.1, 0.15) is 25.5 Å². The molecule has 0 bridgehead atoms. The highest BCUT2D eigenvalue weighted by molar-refractivity contribution is 5.85. The van der Waals surface area contributed by atoms with E-state index in [1.807, 2.05) is 19.0 Å². The summed E-state index contributed by atoms with van der Waals surface area (Å²) in [6, 6.07) is 4.15. The van der Waals surface area contributed by atoms with E-state index in [1.165, 1.54) is 12.1 Å². The number of non-ortho nitro benzene ring substituents is 1. The molecule has 0 aliphatic carbocycles. The van der Waals surface area contributed by atoms with Crippen LogP contribution in [0.3, 0.4) is 0 Å². The third-order valence-corrected chi connectivity index (χ3v) is 3.46. The molecule has 20 heavy (non-hydrogen) atoms. The minimum Gasteiger partial charge on any atom is -0.485 e. The summed E-state index contributed by atoms with van der Waals surface area (Å²) in [6.45, 7) is 3.61. The van der Waals surface area contributed by atoms with Crippen molar-refractivity contribution < 1.29 is 14.8 Å². The van der Waals surface area contributed by atoms with Gasteiger partial charge < -0.3 is 9.84 Å². The zero-order valence-electron chi connectivity index (χ0n) is 11.9. The second-order valence-corrected chi connectivity index (χ2v) is 5.54. The molecule has 0 spiro atoms. The van der Waals surface area contributed by atoms with E-state index in [4.69, 9.17) is 4.74 Å². The van der Waals surface area contributed by atoms with Crippen molar-refractivity contribution in [3.8, 4) is 5.75 Å². The molecule has 6 nitrogen and oxygen atoms in total. The molecule has 1 aliphatic rings. The van der Waals surface area contributed by atoms with Gasteiger partial charge in [-0.05, 0) is 34.0 Å². The number of rotatable bonds is 2. The third kappa shape index (κ3) is 2.72. The van der Waals surface area contributed by atoms with Crippen molar-refractivity contribution in [3.05, 3.63) is 33.9 Å². The lowest BCUT2D eigenvalue weighted by molar-refractivity contribution is -0.385. The summed E-state index contributed by atoms with van der Waals surface area (Å²) in [5, 5.41) is 21.3. The van der Waals surface area contributed by atoms with E-state index in [-0.39, 0.29) is 24.1 Å². The van der Waals surface area contributed by atoms with E-state index in [2.05, 4.69) is 0 Å². The Balaban J connectivity index is 0.00000200. The average molecular weight is 303 g/mol. The van der Waals surface area contributed by atoms with Gasteiger partial charge in [-0.2, -0.15) is 0 Å². The van der Waals surface area contributed by atoms with Gasteiger partial charge in [0, 0.05) is 17.7 Å². The van der Waals surface area contributed by atoms with Crippen molar-refractivity contribution in [2.24, 2.45) is 0 Å². The molecule has 0 fully saturated rings. The molecule has 1 aromatic carbocycles. The minimum atomic E-state index is -0.767. The number of ether oxygens (including phenoxy) is 1. The van der Waals surface area contributed by atoms with Crippen LogP contribution in [0.5, 0.6) is 5.75 Å². The molecule has 1 heterocycles. The first-order chi connectivity index (χ1) is 8.74. The SMILES string of the molecule is CN(C)[C@H]1c2cc([N+](=O)[O-])ccc2OC(C)(C)[C@@H]1O.Cl. The monoisotopic (exact) mass is 302 g/mol. The van der Waals surface area contributed by atoms with Gasteiger partial charge in [0.1, 0.15) is 17.5 Å². The van der Waals surface area contributed by atoms with Crippen LogP contribution in [0.4, 0.5) is 5.69 Å². The number of aliphatic hydroxyl groups is 1. The number of nitrogens with zero attached hydrogens (tertiary/aromatic N) is 2. The highest BCUT2D eigenvalue weighted by Gasteiger charge is 2.44. The molecular weight excluding hydrogens is 284 g/mol. The van der Waals surface area contributed by atoms with Crippen molar-refractivity contribution in [1.29, 1.82) is 0 Å². The maximum Gasteiger partial charge on any atom is 0.270 e. The summed E-state index contributed by atoms with van der Waals surface area (Å²) in [5.74, 6) is 0.583. The number of likely N-dealkylation sites (N-methyl/N-ethyl adjacent to an activating group) is 1. The maximum absolute atomic E-state index is 10.9. The molecule has 112 valence electrons. The first-order valence-corrected chi connectivity index (χ1v) is 6.06. The summed E-state index contributed by atoms with van der Waals surface area (Å²) in [4.78, 5) is 12.3. The fourth-order valence-electron chi connectivity index (χ4n) is 2.43. The Morgan fingerprint density at radius 1 is 1.40 bits per heavy atom. The summed E-state index contributed by atoms with van der Waals surface area (Å²) in [5.41, 5.74) is -0.0925. The van der Waals surface area contributed by atoms with E-state index >= 15 is 0 Å². The first kappa shape index (κ1) is 16.7. The summed E-state index contributed by atoms with van der Waals surface area (Å²) in [6.07, 6.45) is -0.767. The predicted molar refractivity (Wildman–Crippen MR) is 77.5 cm³/mol. The third-order valence-electron chi connectivity index (χ3n) is 3.46. The normalized spacial score (nSPS) is 23.5. The van der Waals surface area contributed by atoms with Gasteiger partial charge in [-0.3, -0.25) is 15.0 Å². The first-order valence-electron chi connectivity index (χ1n) is 6.06. The number of nitro groups is 1. The van der Waals surface area contributed by atoms with Gasteiger partial charge in [0.25, 0.3) is 5.69 Å². The molecule has 0 saturated carbocycles. The topological polar surface area (TPSA) is 75.8 Å². The van der Waals surface area contributed by atoms with Crippen LogP contribution in [-0.2, 0) is 0 Å². The van der Waals surface area contributed by atoms with E-state index in [1.54, 1.807) is 19.9 Å². The largest absolute Gasteiger partial charge is 0.485 e. The second kappa shape index (κ2) is 5.55. The van der Waals surface area contributed by atoms with E-state index in [0.717, 1.165) is 0 Å². The molecule has 2 atom stereocenters. The Morgan fingerprint density at radius 2 is 2.00 bits per heavy atom. The molecule has 1 aliphatic heterocycles. The summed E-state index contributed by atoms with van der Waals surface area (Å²) in [7, 11) is 3.66. The number of fused-ring (bicyclic) bond motifs is 1. The maximum atomic E-state index is 10.9. The van der Waals surface area contributed by atoms with Gasteiger partial charge in [0.05, 0.1) is 11.0 Å². The number of hydrogen-bond acceptors (Lipinski definition) is 5. The second-order valence-electron chi connectivity index (χ2n) is 5.54. The van der Waals surface area contributed by atoms with Crippen LogP contribution < -0.4 is 4.74 Å². The predicted octanol–water partition coefficient (Wildman–Crippen LogP) is 2.15. The molecule has 1 aromatic rings. The van der Waals surface area contributed by atoms with Crippen molar-refractivity contribution in [2.75, 3.05) is 14.1 Å². The standard InChI is InChI=1S/C13H18N2O4.ClH/c1-13(2)12(16)11(14(3)4)9-7-8(15(17)18)5-6-10(9)19-13;/h5-7,11-12,16H,1-4H3;1H/t11-,12+;/m0./s1. The van der Waals surface area contributed by atoms with Gasteiger partial charge in [-0.25, -0.2) is 0 Å². The fraction of sp³-hybridized carbons (Fsp3) is 0.538. The molecule has 0 unspecified atom stereocenters. The smallest absolute Gasteiger partial charge is 0.270 e. The molecule has 7 heteroatoms. The van der Waals surface area contributed by atoms with Crippen molar-refractivity contribution in [2.45, 2.75) is 31.6 Å². The molecule has 1 N–H and O–H groups in total. The molecular formula is C13H19ClN2O4. The quantitative estimate of drug-likeness (QED) is 0.669. The van der Waals surface area contributed by atoms with E-state index in [9.17, 15) is 15.2 Å². The Labute approximate surface area is 123 Å². The molecule has 0 aromatic heterocycles. The lowest BCUT2D eigenvalue weighted by Crippen LogP contribution is -2.52. The zero-order chi connectivity index (χ0) is 14.4. The fourth-order valence-corrected chi connectivity index (χ4v) is 2.43. The highest BCUT2D eigenvalue weighted by Crippen LogP contribution is 2.43. The van der Waals surface area contributed by atoms with Crippen LogP contribution in [0.25, 0.3) is 0 Å². The lowest BCUT2D eigenvalue weighted by Gasteiger charge is -2.44. The molecule has 0 radical (unpaired) electrons. The molecule has 0 amide bonds. The van der Waals surface area contributed by atoms with Crippen LogP contribution in [0, 0.1) is 10.1 Å². The van der Waals surface area contributed by atoms with E-state index in [0.29, 0.717) is 11.3 Å². The Morgan fingerprint density at radius 3 is 2.50 bits per heavy atom. The van der Waals surface area contributed by atoms with Crippen LogP contribution in [0.2, 0.25) is 0 Å². The minimum absolute atomic E-state index is 0. The number of aliphatic hydroxyl groups excluding tert-OH is 1. The summed E-state index contributed by atoms with van der Waals surface area (Å²) < 4.78 is 5.75. The Bertz CT molecular complexity index is 519. The number of halogens is 1. The van der Waals surface area contributed by atoms with E-state index < -0.39 is 16.6 Å². The average Bonchev–Trinajstić information content (AvgIpc) is 2.29. The highest BCUT2D eigenvalue weighted by atomic mass is 35.5. The number of nitro benzene ring substituents is 1. The van der Waals surface area contributed by atoms with Crippen LogP contribution in [0.15, 0.2) is 18.2 Å². The zero-order valence-corrected chi connectivity index (χ0v) is 12.7. The number of benzene rings is 1. The van der Waals surface area contributed by atoms with Gasteiger partial charge in [0.15, 0.2) is 0 Å². The molecule has 2 rings (SSSR count). The van der Waals surface area contributed by atoms with Gasteiger partial charge in [-0.1, -0.05) is 0 Å². The Kier molecular flexibility index (Phi) is 4.63. The number of hydrogen-bond donors (Lipinski definition) is 1. The Hall–Kier alpha value is -1.37. The lowest BCUT2D eigenvalue weighted by atomic mass is 9.86. The van der Waals surface area contributed by atoms with Crippen molar-refractivity contribution in [3.63, 3.8) is 0 Å². The summed E-state index contributed by atoms with van der Waals surface area (Å²) >= 11 is 0. The van der Waals surface area contributed by atoms with Gasteiger partial charge in [-0.15, -0.1) is 12.4 Å². The molecule has 0 saturated heterocycles. The van der Waals surface area contributed by atoms with Crippen molar-refractivity contribution >= 4 is 18.1 Å².